The van der Waals surface area contributed by atoms with Gasteiger partial charge >= 0.3 is 6.09 Å². The van der Waals surface area contributed by atoms with Crippen LogP contribution >= 0.6 is 0 Å². The molecule has 0 saturated carbocycles. The van der Waals surface area contributed by atoms with Gasteiger partial charge in [-0.05, 0) is 46.3 Å². The number of nitrogens with zero attached hydrogens (tertiary/aromatic N) is 3. The molecule has 1 aromatic carbocycles. The molecule has 1 aromatic rings. The quantitative estimate of drug-likeness (QED) is 0.433. The van der Waals surface area contributed by atoms with Crippen LogP contribution in [0.5, 0.6) is 5.75 Å². The summed E-state index contributed by atoms with van der Waals surface area (Å²) in [5, 5.41) is 11.0. The van der Waals surface area contributed by atoms with Crippen LogP contribution in [-0.4, -0.2) is 91.7 Å². The molecule has 1 atom stereocenters. The molecule has 35 heavy (non-hydrogen) atoms. The molecule has 2 aliphatic rings. The zero-order valence-electron chi connectivity index (χ0n) is 21.6. The predicted octanol–water partition coefficient (Wildman–Crippen LogP) is 3.98. The third kappa shape index (κ3) is 9.83. The van der Waals surface area contributed by atoms with E-state index in [1.54, 1.807) is 17.9 Å². The van der Waals surface area contributed by atoms with Crippen molar-refractivity contribution in [2.75, 3.05) is 59.2 Å². The SMILES string of the molecule is C1COCCO1.C=C(C)c1cc([N+](=O)[O-])ccc1OCCN1CCN(C(=O)OC(C)(C)C)[C@H](C)C1. The van der Waals surface area contributed by atoms with Crippen molar-refractivity contribution in [3.05, 3.63) is 40.5 Å². The summed E-state index contributed by atoms with van der Waals surface area (Å²) < 4.78 is 21.2. The third-order valence-electron chi connectivity index (χ3n) is 5.38. The van der Waals surface area contributed by atoms with Gasteiger partial charge < -0.3 is 23.8 Å². The molecule has 0 unspecified atom stereocenters. The molecule has 2 fully saturated rings. The average molecular weight is 494 g/mol. The normalized spacial score (nSPS) is 18.8. The second-order valence-electron chi connectivity index (χ2n) is 9.61. The van der Waals surface area contributed by atoms with Gasteiger partial charge in [-0.1, -0.05) is 6.58 Å². The molecular formula is C25H39N3O7. The van der Waals surface area contributed by atoms with Gasteiger partial charge in [0.25, 0.3) is 5.69 Å². The van der Waals surface area contributed by atoms with Crippen LogP contribution in [0.2, 0.25) is 0 Å². The van der Waals surface area contributed by atoms with Gasteiger partial charge in [0.1, 0.15) is 18.0 Å². The van der Waals surface area contributed by atoms with Gasteiger partial charge in [-0.2, -0.15) is 0 Å². The van der Waals surface area contributed by atoms with E-state index < -0.39 is 10.5 Å². The van der Waals surface area contributed by atoms with Crippen LogP contribution in [0.1, 0.15) is 40.2 Å². The first-order chi connectivity index (χ1) is 16.5. The number of non-ortho nitro benzene ring substituents is 1. The number of rotatable bonds is 6. The molecule has 0 aromatic heterocycles. The Bertz CT molecular complexity index is 854. The second-order valence-corrected chi connectivity index (χ2v) is 9.61. The number of amides is 1. The van der Waals surface area contributed by atoms with Crippen molar-refractivity contribution < 1.29 is 28.7 Å². The fraction of sp³-hybridized carbons (Fsp3) is 0.640. The summed E-state index contributed by atoms with van der Waals surface area (Å²) in [6, 6.07) is 4.58. The van der Waals surface area contributed by atoms with Gasteiger partial charge in [-0.15, -0.1) is 0 Å². The Morgan fingerprint density at radius 2 is 1.83 bits per heavy atom. The van der Waals surface area contributed by atoms with Crippen LogP contribution in [0.25, 0.3) is 5.57 Å². The van der Waals surface area contributed by atoms with E-state index in [0.29, 0.717) is 36.6 Å². The molecule has 10 heteroatoms. The Morgan fingerprint density at radius 3 is 2.31 bits per heavy atom. The monoisotopic (exact) mass is 493 g/mol. The molecule has 2 aliphatic heterocycles. The first-order valence-electron chi connectivity index (χ1n) is 11.9. The first-order valence-corrected chi connectivity index (χ1v) is 11.9. The van der Waals surface area contributed by atoms with Crippen molar-refractivity contribution in [1.82, 2.24) is 9.80 Å². The number of ether oxygens (including phenoxy) is 4. The topological polar surface area (TPSA) is 104 Å². The van der Waals surface area contributed by atoms with Crippen molar-refractivity contribution in [2.45, 2.75) is 46.3 Å². The second kappa shape index (κ2) is 13.4. The molecule has 0 N–H and O–H groups in total. The van der Waals surface area contributed by atoms with Crippen molar-refractivity contribution in [3.8, 4) is 5.75 Å². The Balaban J connectivity index is 0.000000625. The standard InChI is InChI=1S/C21H31N3O5.C4H8O2/c1-15(2)18-13-17(24(26)27)7-8-19(18)28-12-11-22-9-10-23(16(3)14-22)20(25)29-21(4,5)6;1-2-6-4-3-5-1/h7-8,13,16H,1,9-12,14H2,2-6H3;1-4H2/t16-;/m1./s1. The van der Waals surface area contributed by atoms with Crippen LogP contribution in [0.15, 0.2) is 24.8 Å². The van der Waals surface area contributed by atoms with E-state index in [4.69, 9.17) is 18.9 Å². The molecule has 0 spiro atoms. The van der Waals surface area contributed by atoms with Gasteiger partial charge in [0.2, 0.25) is 0 Å². The lowest BCUT2D eigenvalue weighted by atomic mass is 10.1. The summed E-state index contributed by atoms with van der Waals surface area (Å²) in [7, 11) is 0. The van der Waals surface area contributed by atoms with Crippen LogP contribution in [0.4, 0.5) is 10.5 Å². The van der Waals surface area contributed by atoms with Crippen molar-refractivity contribution in [2.24, 2.45) is 0 Å². The first kappa shape index (κ1) is 28.5. The lowest BCUT2D eigenvalue weighted by Crippen LogP contribution is -2.55. The highest BCUT2D eigenvalue weighted by atomic mass is 16.6. The largest absolute Gasteiger partial charge is 0.492 e. The highest BCUT2D eigenvalue weighted by molar-refractivity contribution is 5.69. The van der Waals surface area contributed by atoms with E-state index >= 15 is 0 Å². The fourth-order valence-electron chi connectivity index (χ4n) is 3.64. The average Bonchev–Trinajstić information content (AvgIpc) is 2.79. The molecule has 0 bridgehead atoms. The maximum Gasteiger partial charge on any atom is 0.410 e. The molecule has 0 radical (unpaired) electrons. The zero-order chi connectivity index (χ0) is 26.0. The van der Waals surface area contributed by atoms with Gasteiger partial charge in [0, 0.05) is 49.9 Å². The number of allylic oxidation sites excluding steroid dienone is 1. The van der Waals surface area contributed by atoms with Gasteiger partial charge in [0.05, 0.1) is 31.4 Å². The Hall–Kier alpha value is -2.69. The van der Waals surface area contributed by atoms with E-state index in [1.807, 2.05) is 27.7 Å². The third-order valence-corrected chi connectivity index (χ3v) is 5.38. The summed E-state index contributed by atoms with van der Waals surface area (Å²) >= 11 is 0. The molecular weight excluding hydrogens is 454 g/mol. The van der Waals surface area contributed by atoms with Crippen molar-refractivity contribution >= 4 is 17.4 Å². The van der Waals surface area contributed by atoms with Gasteiger partial charge in [-0.25, -0.2) is 4.79 Å². The predicted molar refractivity (Wildman–Crippen MR) is 134 cm³/mol. The van der Waals surface area contributed by atoms with Crippen LogP contribution in [0.3, 0.4) is 0 Å². The molecule has 2 saturated heterocycles. The Kier molecular flexibility index (Phi) is 10.9. The summed E-state index contributed by atoms with van der Waals surface area (Å²) in [6.45, 7) is 19.6. The van der Waals surface area contributed by atoms with Gasteiger partial charge in [0.15, 0.2) is 0 Å². The maximum absolute atomic E-state index is 12.3. The van der Waals surface area contributed by atoms with Crippen LogP contribution < -0.4 is 4.74 Å². The van der Waals surface area contributed by atoms with E-state index in [-0.39, 0.29) is 17.8 Å². The van der Waals surface area contributed by atoms with E-state index in [2.05, 4.69) is 11.5 Å². The van der Waals surface area contributed by atoms with Crippen molar-refractivity contribution in [3.63, 3.8) is 0 Å². The molecule has 1 amide bonds. The number of carbonyl (C=O) groups is 1. The van der Waals surface area contributed by atoms with Crippen LogP contribution in [0, 0.1) is 10.1 Å². The fourth-order valence-corrected chi connectivity index (χ4v) is 3.64. The highest BCUT2D eigenvalue weighted by Gasteiger charge is 2.30. The number of piperazine rings is 1. The van der Waals surface area contributed by atoms with Gasteiger partial charge in [-0.3, -0.25) is 15.0 Å². The molecule has 2 heterocycles. The van der Waals surface area contributed by atoms with Crippen LogP contribution in [-0.2, 0) is 14.2 Å². The zero-order valence-corrected chi connectivity index (χ0v) is 21.6. The minimum atomic E-state index is -0.506. The number of benzene rings is 1. The smallest absolute Gasteiger partial charge is 0.410 e. The molecule has 196 valence electrons. The lowest BCUT2D eigenvalue weighted by Gasteiger charge is -2.40. The summed E-state index contributed by atoms with van der Waals surface area (Å²) in [5.74, 6) is 0.587. The molecule has 0 aliphatic carbocycles. The lowest BCUT2D eigenvalue weighted by molar-refractivity contribution is -0.384. The summed E-state index contributed by atoms with van der Waals surface area (Å²) in [4.78, 5) is 26.9. The Morgan fingerprint density at radius 1 is 1.20 bits per heavy atom. The van der Waals surface area contributed by atoms with Crippen molar-refractivity contribution in [1.29, 1.82) is 0 Å². The number of hydrogen-bond donors (Lipinski definition) is 0. The summed E-state index contributed by atoms with van der Waals surface area (Å²) in [6.07, 6.45) is -0.280. The molecule has 3 rings (SSSR count). The number of hydrogen-bond acceptors (Lipinski definition) is 8. The Labute approximate surface area is 207 Å². The van der Waals surface area contributed by atoms with E-state index in [9.17, 15) is 14.9 Å². The van der Waals surface area contributed by atoms with E-state index in [0.717, 1.165) is 39.5 Å². The number of carbonyl (C=O) groups excluding carboxylic acids is 1. The minimum absolute atomic E-state index is 0.0161. The maximum atomic E-state index is 12.3. The number of nitro benzene ring substituents is 1. The number of nitro groups is 1. The van der Waals surface area contributed by atoms with E-state index in [1.165, 1.54) is 12.1 Å². The highest BCUT2D eigenvalue weighted by Crippen LogP contribution is 2.29. The summed E-state index contributed by atoms with van der Waals surface area (Å²) in [5.41, 5.74) is 0.862. The minimum Gasteiger partial charge on any atom is -0.492 e. The molecule has 10 nitrogen and oxygen atoms in total.